The van der Waals surface area contributed by atoms with Crippen molar-refractivity contribution >= 4 is 27.0 Å². The van der Waals surface area contributed by atoms with E-state index < -0.39 is 10.1 Å². The van der Waals surface area contributed by atoms with Gasteiger partial charge < -0.3 is 0 Å². The van der Waals surface area contributed by atoms with Crippen LogP contribution in [0.1, 0.15) is 19.8 Å². The average Bonchev–Trinajstić information content (AvgIpc) is 1.96. The molecule has 0 unspecified atom stereocenters. The zero-order chi connectivity index (χ0) is 9.61. The summed E-state index contributed by atoms with van der Waals surface area (Å²) in [6.07, 6.45) is 0.770. The summed E-state index contributed by atoms with van der Waals surface area (Å²) in [5.41, 5.74) is 0. The molecule has 0 atom stereocenters. The van der Waals surface area contributed by atoms with Crippen molar-refractivity contribution in [3.63, 3.8) is 0 Å². The lowest BCUT2D eigenvalue weighted by Gasteiger charge is -1.96. The Morgan fingerprint density at radius 1 is 1.50 bits per heavy atom. The number of carbonyl (C=O) groups excluding carboxylic acids is 1. The van der Waals surface area contributed by atoms with Gasteiger partial charge in [-0.05, 0) is 6.42 Å². The van der Waals surface area contributed by atoms with Crippen LogP contribution in [0, 0.1) is 0 Å². The van der Waals surface area contributed by atoms with E-state index in [4.69, 9.17) is 4.55 Å². The minimum absolute atomic E-state index is 0.0466. The topological polar surface area (TPSA) is 71.4 Å². The van der Waals surface area contributed by atoms with E-state index in [1.807, 2.05) is 0 Å². The van der Waals surface area contributed by atoms with E-state index in [1.165, 1.54) is 0 Å². The number of thioether (sulfide) groups is 1. The standard InChI is InChI=1S/C6H12O4S2/c1-2-6(7)11-4-3-5-12(8,9)10/h2-5H2,1H3,(H,8,9,10). The van der Waals surface area contributed by atoms with E-state index >= 15 is 0 Å². The number of carbonyl (C=O) groups is 1. The molecule has 0 aliphatic heterocycles. The second-order valence-electron chi connectivity index (χ2n) is 2.21. The van der Waals surface area contributed by atoms with Crippen molar-refractivity contribution < 1.29 is 17.8 Å². The molecule has 0 aromatic carbocycles. The van der Waals surface area contributed by atoms with E-state index in [0.29, 0.717) is 18.6 Å². The Balaban J connectivity index is 3.40. The Bertz CT molecular complexity index is 232. The molecule has 0 saturated heterocycles. The molecule has 0 aromatic heterocycles. The molecule has 0 radical (unpaired) electrons. The molecule has 0 spiro atoms. The lowest BCUT2D eigenvalue weighted by molar-refractivity contribution is -0.110. The van der Waals surface area contributed by atoms with Crippen molar-refractivity contribution in [3.05, 3.63) is 0 Å². The molecule has 12 heavy (non-hydrogen) atoms. The Hall–Kier alpha value is -0.0700. The summed E-state index contributed by atoms with van der Waals surface area (Å²) >= 11 is 1.10. The molecule has 0 bridgehead atoms. The molecule has 0 fully saturated rings. The molecule has 0 saturated carbocycles. The fraction of sp³-hybridized carbons (Fsp3) is 0.833. The molecule has 6 heteroatoms. The van der Waals surface area contributed by atoms with Crippen LogP contribution in [0.4, 0.5) is 0 Å². The summed E-state index contributed by atoms with van der Waals surface area (Å²) in [7, 11) is -3.85. The van der Waals surface area contributed by atoms with Crippen LogP contribution in [-0.4, -0.2) is 29.6 Å². The molecule has 72 valence electrons. The van der Waals surface area contributed by atoms with Crippen molar-refractivity contribution in [1.29, 1.82) is 0 Å². The van der Waals surface area contributed by atoms with Crippen LogP contribution in [0.5, 0.6) is 0 Å². The van der Waals surface area contributed by atoms with Gasteiger partial charge >= 0.3 is 0 Å². The molecule has 1 N–H and O–H groups in total. The average molecular weight is 212 g/mol. The van der Waals surface area contributed by atoms with E-state index in [1.54, 1.807) is 6.92 Å². The summed E-state index contributed by atoms with van der Waals surface area (Å²) < 4.78 is 28.7. The first-order valence-electron chi connectivity index (χ1n) is 3.56. The highest BCUT2D eigenvalue weighted by Crippen LogP contribution is 2.06. The zero-order valence-electron chi connectivity index (χ0n) is 6.82. The van der Waals surface area contributed by atoms with Crippen molar-refractivity contribution in [2.75, 3.05) is 11.5 Å². The van der Waals surface area contributed by atoms with Gasteiger partial charge in [0, 0.05) is 12.2 Å². The predicted molar refractivity (Wildman–Crippen MR) is 48.8 cm³/mol. The van der Waals surface area contributed by atoms with Gasteiger partial charge in [-0.2, -0.15) is 8.42 Å². The van der Waals surface area contributed by atoms with E-state index in [2.05, 4.69) is 0 Å². The summed E-state index contributed by atoms with van der Waals surface area (Å²) in [5, 5.41) is 0.0466. The Labute approximate surface area is 76.5 Å². The molecule has 0 heterocycles. The van der Waals surface area contributed by atoms with Crippen LogP contribution in [0.2, 0.25) is 0 Å². The van der Waals surface area contributed by atoms with Crippen molar-refractivity contribution in [2.45, 2.75) is 19.8 Å². The second kappa shape index (κ2) is 5.55. The molecule has 0 aliphatic rings. The molecule has 0 aliphatic carbocycles. The Kier molecular flexibility index (Phi) is 5.52. The van der Waals surface area contributed by atoms with Crippen molar-refractivity contribution in [1.82, 2.24) is 0 Å². The fourth-order valence-corrected chi connectivity index (χ4v) is 1.94. The monoisotopic (exact) mass is 212 g/mol. The quantitative estimate of drug-likeness (QED) is 0.542. The van der Waals surface area contributed by atoms with Gasteiger partial charge in [-0.3, -0.25) is 9.35 Å². The third kappa shape index (κ3) is 8.03. The van der Waals surface area contributed by atoms with Gasteiger partial charge in [0.25, 0.3) is 10.1 Å². The van der Waals surface area contributed by atoms with Crippen LogP contribution in [0.3, 0.4) is 0 Å². The lowest BCUT2D eigenvalue weighted by Crippen LogP contribution is -2.05. The highest BCUT2D eigenvalue weighted by atomic mass is 32.2. The minimum Gasteiger partial charge on any atom is -0.287 e. The lowest BCUT2D eigenvalue weighted by atomic mass is 10.6. The first-order chi connectivity index (χ1) is 5.45. The van der Waals surface area contributed by atoms with Gasteiger partial charge in [0.05, 0.1) is 5.75 Å². The van der Waals surface area contributed by atoms with Crippen LogP contribution in [-0.2, 0) is 14.9 Å². The number of hydrogen-bond acceptors (Lipinski definition) is 4. The van der Waals surface area contributed by atoms with E-state index in [-0.39, 0.29) is 10.9 Å². The minimum atomic E-state index is -3.85. The maximum absolute atomic E-state index is 10.7. The highest BCUT2D eigenvalue weighted by molar-refractivity contribution is 8.13. The maximum Gasteiger partial charge on any atom is 0.264 e. The number of rotatable bonds is 5. The SMILES string of the molecule is CCC(=O)SCCCS(=O)(=O)O. The number of hydrogen-bond donors (Lipinski definition) is 1. The van der Waals surface area contributed by atoms with Crippen LogP contribution < -0.4 is 0 Å². The summed E-state index contributed by atoms with van der Waals surface area (Å²) in [4.78, 5) is 10.7. The smallest absolute Gasteiger partial charge is 0.264 e. The van der Waals surface area contributed by atoms with Crippen LogP contribution in [0.15, 0.2) is 0 Å². The van der Waals surface area contributed by atoms with Gasteiger partial charge in [-0.15, -0.1) is 0 Å². The Morgan fingerprint density at radius 3 is 2.50 bits per heavy atom. The molecular formula is C6H12O4S2. The second-order valence-corrected chi connectivity index (χ2v) is 4.94. The summed E-state index contributed by atoms with van der Waals surface area (Å²) in [5.74, 6) is 0.184. The third-order valence-electron chi connectivity index (χ3n) is 1.10. The van der Waals surface area contributed by atoms with Gasteiger partial charge in [0.15, 0.2) is 5.12 Å². The first-order valence-corrected chi connectivity index (χ1v) is 6.16. The molecule has 0 rings (SSSR count). The normalized spacial score (nSPS) is 11.5. The van der Waals surface area contributed by atoms with Crippen molar-refractivity contribution in [3.8, 4) is 0 Å². The van der Waals surface area contributed by atoms with Crippen LogP contribution in [0.25, 0.3) is 0 Å². The van der Waals surface area contributed by atoms with Gasteiger partial charge in [0.2, 0.25) is 0 Å². The molecule has 0 amide bonds. The third-order valence-corrected chi connectivity index (χ3v) is 3.01. The maximum atomic E-state index is 10.7. The molecule has 0 aromatic rings. The first kappa shape index (κ1) is 11.9. The predicted octanol–water partition coefficient (Wildman–Crippen LogP) is 0.934. The molecular weight excluding hydrogens is 200 g/mol. The van der Waals surface area contributed by atoms with Gasteiger partial charge in [-0.25, -0.2) is 0 Å². The van der Waals surface area contributed by atoms with E-state index in [9.17, 15) is 13.2 Å². The summed E-state index contributed by atoms with van der Waals surface area (Å²) in [6, 6.07) is 0. The van der Waals surface area contributed by atoms with Gasteiger partial charge in [-0.1, -0.05) is 18.7 Å². The highest BCUT2D eigenvalue weighted by Gasteiger charge is 2.04. The Morgan fingerprint density at radius 2 is 2.08 bits per heavy atom. The fourth-order valence-electron chi connectivity index (χ4n) is 0.529. The zero-order valence-corrected chi connectivity index (χ0v) is 8.45. The van der Waals surface area contributed by atoms with E-state index in [0.717, 1.165) is 11.8 Å². The molecule has 4 nitrogen and oxygen atoms in total. The largest absolute Gasteiger partial charge is 0.287 e. The van der Waals surface area contributed by atoms with Crippen LogP contribution >= 0.6 is 11.8 Å². The van der Waals surface area contributed by atoms with Crippen molar-refractivity contribution in [2.24, 2.45) is 0 Å². The summed E-state index contributed by atoms with van der Waals surface area (Å²) in [6.45, 7) is 1.75. The van der Waals surface area contributed by atoms with Gasteiger partial charge in [0.1, 0.15) is 0 Å².